The van der Waals surface area contributed by atoms with E-state index in [2.05, 4.69) is 5.32 Å². The third kappa shape index (κ3) is 3.21. The Bertz CT molecular complexity index is 742. The number of anilines is 1. The van der Waals surface area contributed by atoms with Gasteiger partial charge in [0.15, 0.2) is 5.75 Å². The van der Waals surface area contributed by atoms with Crippen LogP contribution in [0.2, 0.25) is 10.0 Å². The topological polar surface area (TPSA) is 49.3 Å². The third-order valence-electron chi connectivity index (χ3n) is 3.52. The van der Waals surface area contributed by atoms with Crippen LogP contribution in [0, 0.1) is 13.8 Å². The molecular weight excluding hydrogens is 321 g/mol. The van der Waals surface area contributed by atoms with E-state index < -0.39 is 0 Å². The lowest BCUT2D eigenvalue weighted by Crippen LogP contribution is -2.14. The molecule has 0 unspecified atom stereocenters. The van der Waals surface area contributed by atoms with Crippen molar-refractivity contribution < 1.29 is 9.90 Å². The lowest BCUT2D eigenvalue weighted by atomic mass is 10.0. The van der Waals surface area contributed by atoms with E-state index in [-0.39, 0.29) is 22.4 Å². The average Bonchev–Trinajstić information content (AvgIpc) is 2.44. The minimum atomic E-state index is -0.316. The van der Waals surface area contributed by atoms with Gasteiger partial charge in [0, 0.05) is 10.6 Å². The molecule has 0 radical (unpaired) electrons. The van der Waals surface area contributed by atoms with Gasteiger partial charge in [0.2, 0.25) is 0 Å². The highest BCUT2D eigenvalue weighted by Crippen LogP contribution is 2.39. The normalized spacial score (nSPS) is 10.6. The van der Waals surface area contributed by atoms with E-state index in [9.17, 15) is 9.90 Å². The first-order chi connectivity index (χ1) is 10.3. The van der Waals surface area contributed by atoms with Gasteiger partial charge in [0.1, 0.15) is 0 Å². The van der Waals surface area contributed by atoms with Crippen molar-refractivity contribution in [2.24, 2.45) is 0 Å². The maximum Gasteiger partial charge on any atom is 0.256 e. The number of aromatic hydroxyl groups is 1. The first-order valence-corrected chi connectivity index (χ1v) is 7.69. The summed E-state index contributed by atoms with van der Waals surface area (Å²) in [7, 11) is 0. The van der Waals surface area contributed by atoms with Crippen LogP contribution in [-0.2, 0) is 6.42 Å². The summed E-state index contributed by atoms with van der Waals surface area (Å²) in [6.45, 7) is 5.71. The molecule has 1 amide bonds. The van der Waals surface area contributed by atoms with Crippen molar-refractivity contribution in [2.75, 3.05) is 5.32 Å². The molecule has 116 valence electrons. The van der Waals surface area contributed by atoms with Crippen molar-refractivity contribution in [3.05, 3.63) is 56.6 Å². The Morgan fingerprint density at radius 3 is 2.50 bits per heavy atom. The summed E-state index contributed by atoms with van der Waals surface area (Å²) in [6, 6.07) is 7.06. The van der Waals surface area contributed by atoms with Gasteiger partial charge >= 0.3 is 0 Å². The smallest absolute Gasteiger partial charge is 0.256 e. The summed E-state index contributed by atoms with van der Waals surface area (Å²) < 4.78 is 0. The average molecular weight is 338 g/mol. The lowest BCUT2D eigenvalue weighted by molar-refractivity contribution is 0.102. The number of carbonyl (C=O) groups excluding carboxylic acids is 1. The van der Waals surface area contributed by atoms with E-state index in [1.807, 2.05) is 32.9 Å². The molecule has 3 nitrogen and oxygen atoms in total. The van der Waals surface area contributed by atoms with Gasteiger partial charge < -0.3 is 10.4 Å². The first-order valence-electron chi connectivity index (χ1n) is 6.93. The second kappa shape index (κ2) is 6.59. The van der Waals surface area contributed by atoms with E-state index in [4.69, 9.17) is 23.2 Å². The number of halogens is 2. The molecule has 0 aromatic heterocycles. The molecule has 0 heterocycles. The maximum atomic E-state index is 12.4. The number of rotatable bonds is 3. The van der Waals surface area contributed by atoms with Crippen molar-refractivity contribution >= 4 is 34.8 Å². The molecule has 0 atom stereocenters. The zero-order valence-electron chi connectivity index (χ0n) is 12.6. The predicted octanol–water partition coefficient (Wildman–Crippen LogP) is 5.13. The Hall–Kier alpha value is -1.71. The second-order valence-corrected chi connectivity index (χ2v) is 5.96. The predicted molar refractivity (Wildman–Crippen MR) is 91.4 cm³/mol. The molecule has 22 heavy (non-hydrogen) atoms. The number of aryl methyl sites for hydroxylation is 2. The number of benzene rings is 2. The molecular formula is C17H17Cl2NO2. The van der Waals surface area contributed by atoms with Crippen LogP contribution < -0.4 is 5.32 Å². The Balaban J connectivity index is 2.37. The fourth-order valence-electron chi connectivity index (χ4n) is 2.33. The molecule has 0 saturated carbocycles. The molecule has 0 aliphatic heterocycles. The molecule has 0 bridgehead atoms. The maximum absolute atomic E-state index is 12.4. The van der Waals surface area contributed by atoms with Crippen LogP contribution in [0.1, 0.15) is 34.0 Å². The second-order valence-electron chi connectivity index (χ2n) is 5.17. The summed E-state index contributed by atoms with van der Waals surface area (Å²) in [5.74, 6) is -0.481. The first kappa shape index (κ1) is 16.7. The zero-order chi connectivity index (χ0) is 16.4. The molecule has 0 aliphatic carbocycles. The SMILES string of the molecule is CCc1c(Cl)cc(NC(=O)c2ccc(C)cc2C)c(O)c1Cl. The van der Waals surface area contributed by atoms with E-state index >= 15 is 0 Å². The number of phenols is 1. The molecule has 0 saturated heterocycles. The van der Waals surface area contributed by atoms with Crippen LogP contribution in [0.15, 0.2) is 24.3 Å². The fourth-order valence-corrected chi connectivity index (χ4v) is 3.05. The highest BCUT2D eigenvalue weighted by atomic mass is 35.5. The summed E-state index contributed by atoms with van der Waals surface area (Å²) >= 11 is 12.2. The molecule has 0 fully saturated rings. The Kier molecular flexibility index (Phi) is 4.99. The van der Waals surface area contributed by atoms with E-state index in [1.54, 1.807) is 6.07 Å². The minimum Gasteiger partial charge on any atom is -0.504 e. The molecule has 2 rings (SSSR count). The largest absolute Gasteiger partial charge is 0.504 e. The summed E-state index contributed by atoms with van der Waals surface area (Å²) in [5, 5.41) is 13.4. The van der Waals surface area contributed by atoms with Gasteiger partial charge in [-0.3, -0.25) is 4.79 Å². The van der Waals surface area contributed by atoms with Gasteiger partial charge in [-0.2, -0.15) is 0 Å². The lowest BCUT2D eigenvalue weighted by Gasteiger charge is -2.13. The molecule has 5 heteroatoms. The quantitative estimate of drug-likeness (QED) is 0.762. The summed E-state index contributed by atoms with van der Waals surface area (Å²) in [4.78, 5) is 12.4. The van der Waals surface area contributed by atoms with Crippen molar-refractivity contribution in [1.29, 1.82) is 0 Å². The van der Waals surface area contributed by atoms with E-state index in [0.29, 0.717) is 22.6 Å². The molecule has 0 aliphatic rings. The number of carbonyl (C=O) groups is 1. The van der Waals surface area contributed by atoms with Gasteiger partial charge in [-0.05, 0) is 43.5 Å². The van der Waals surface area contributed by atoms with Crippen LogP contribution in [0.25, 0.3) is 0 Å². The molecule has 2 aromatic carbocycles. The van der Waals surface area contributed by atoms with Gasteiger partial charge in [-0.15, -0.1) is 0 Å². The van der Waals surface area contributed by atoms with Crippen LogP contribution in [0.5, 0.6) is 5.75 Å². The Morgan fingerprint density at radius 1 is 1.23 bits per heavy atom. The van der Waals surface area contributed by atoms with Crippen LogP contribution >= 0.6 is 23.2 Å². The van der Waals surface area contributed by atoms with Crippen LogP contribution in [-0.4, -0.2) is 11.0 Å². The van der Waals surface area contributed by atoms with Crippen molar-refractivity contribution in [3.8, 4) is 5.75 Å². The zero-order valence-corrected chi connectivity index (χ0v) is 14.1. The Labute approximate surface area is 139 Å². The van der Waals surface area contributed by atoms with Crippen molar-refractivity contribution in [1.82, 2.24) is 0 Å². The number of hydrogen-bond acceptors (Lipinski definition) is 2. The highest BCUT2D eigenvalue weighted by Gasteiger charge is 2.17. The van der Waals surface area contributed by atoms with E-state index in [0.717, 1.165) is 11.1 Å². The van der Waals surface area contributed by atoms with Crippen LogP contribution in [0.4, 0.5) is 5.69 Å². The monoisotopic (exact) mass is 337 g/mol. The Morgan fingerprint density at radius 2 is 1.91 bits per heavy atom. The number of hydrogen-bond donors (Lipinski definition) is 2. The molecule has 2 aromatic rings. The van der Waals surface area contributed by atoms with Crippen molar-refractivity contribution in [3.63, 3.8) is 0 Å². The van der Waals surface area contributed by atoms with Gasteiger partial charge in [-0.25, -0.2) is 0 Å². The molecule has 0 spiro atoms. The van der Waals surface area contributed by atoms with E-state index in [1.165, 1.54) is 6.07 Å². The van der Waals surface area contributed by atoms with Gasteiger partial charge in [-0.1, -0.05) is 47.8 Å². The number of nitrogens with one attached hydrogen (secondary N) is 1. The third-order valence-corrected chi connectivity index (χ3v) is 4.26. The van der Waals surface area contributed by atoms with Crippen LogP contribution in [0.3, 0.4) is 0 Å². The summed E-state index contributed by atoms with van der Waals surface area (Å²) in [6.07, 6.45) is 0.594. The number of phenolic OH excluding ortho intramolecular Hbond substituents is 1. The van der Waals surface area contributed by atoms with Crippen molar-refractivity contribution in [2.45, 2.75) is 27.2 Å². The summed E-state index contributed by atoms with van der Waals surface area (Å²) in [5.41, 5.74) is 3.34. The highest BCUT2D eigenvalue weighted by molar-refractivity contribution is 6.37. The van der Waals surface area contributed by atoms with Gasteiger partial charge in [0.05, 0.1) is 10.7 Å². The standard InChI is InChI=1S/C17H17Cl2NO2/c1-4-11-13(18)8-14(16(21)15(11)19)20-17(22)12-6-5-9(2)7-10(12)3/h5-8,21H,4H2,1-3H3,(H,20,22). The fraction of sp³-hybridized carbons (Fsp3) is 0.235. The molecule has 2 N–H and O–H groups in total. The number of amides is 1. The minimum absolute atomic E-state index is 0.166. The van der Waals surface area contributed by atoms with Gasteiger partial charge in [0.25, 0.3) is 5.91 Å².